The molecule has 2 aliphatic heterocycles. The maximum atomic E-state index is 13.0. The molecule has 0 unspecified atom stereocenters. The Labute approximate surface area is 171 Å². The average Bonchev–Trinajstić information content (AvgIpc) is 2.79. The van der Waals surface area contributed by atoms with E-state index < -0.39 is 0 Å². The summed E-state index contributed by atoms with van der Waals surface area (Å²) in [5.74, 6) is 1.67. The zero-order valence-corrected chi connectivity index (χ0v) is 17.1. The van der Waals surface area contributed by atoms with Gasteiger partial charge in [0.25, 0.3) is 5.91 Å². The van der Waals surface area contributed by atoms with Crippen LogP contribution in [0.4, 0.5) is 11.5 Å². The number of piperazine rings is 2. The first-order chi connectivity index (χ1) is 14.2. The SMILES string of the molecule is COc1ccccc1N1CCN(C(=O)c2cc(N3CCN(C)CC3)ncn2)CC1. The van der Waals surface area contributed by atoms with Crippen LogP contribution in [0.3, 0.4) is 0 Å². The fraction of sp³-hybridized carbons (Fsp3) is 0.476. The molecule has 0 saturated carbocycles. The highest BCUT2D eigenvalue weighted by Crippen LogP contribution is 2.28. The van der Waals surface area contributed by atoms with Crippen LogP contribution in [-0.2, 0) is 0 Å². The molecule has 2 saturated heterocycles. The molecule has 0 atom stereocenters. The maximum Gasteiger partial charge on any atom is 0.272 e. The molecule has 0 radical (unpaired) electrons. The number of ether oxygens (including phenoxy) is 1. The zero-order valence-electron chi connectivity index (χ0n) is 17.1. The van der Waals surface area contributed by atoms with Crippen molar-refractivity contribution in [2.75, 3.05) is 76.3 Å². The topological polar surface area (TPSA) is 65.0 Å². The minimum Gasteiger partial charge on any atom is -0.495 e. The van der Waals surface area contributed by atoms with Crippen LogP contribution < -0.4 is 14.5 Å². The van der Waals surface area contributed by atoms with Crippen LogP contribution in [0.25, 0.3) is 0 Å². The third kappa shape index (κ3) is 4.27. The molecule has 2 aromatic rings. The summed E-state index contributed by atoms with van der Waals surface area (Å²) in [7, 11) is 3.81. The molecule has 8 heteroatoms. The minimum absolute atomic E-state index is 0.0255. The second kappa shape index (κ2) is 8.65. The predicted molar refractivity (Wildman–Crippen MR) is 113 cm³/mol. The molecule has 3 heterocycles. The molecule has 4 rings (SSSR count). The first kappa shape index (κ1) is 19.4. The van der Waals surface area contributed by atoms with Crippen molar-refractivity contribution in [2.45, 2.75) is 0 Å². The van der Waals surface area contributed by atoms with Gasteiger partial charge in [-0.2, -0.15) is 0 Å². The fourth-order valence-electron chi connectivity index (χ4n) is 3.88. The summed E-state index contributed by atoms with van der Waals surface area (Å²) >= 11 is 0. The van der Waals surface area contributed by atoms with Crippen LogP contribution in [0, 0.1) is 0 Å². The van der Waals surface area contributed by atoms with Crippen molar-refractivity contribution >= 4 is 17.4 Å². The van der Waals surface area contributed by atoms with Crippen LogP contribution in [0.2, 0.25) is 0 Å². The summed E-state index contributed by atoms with van der Waals surface area (Å²) in [6.07, 6.45) is 1.51. The molecule has 1 aromatic heterocycles. The molecule has 0 spiro atoms. The normalized spacial score (nSPS) is 18.1. The van der Waals surface area contributed by atoms with Gasteiger partial charge in [-0.3, -0.25) is 4.79 Å². The van der Waals surface area contributed by atoms with Crippen molar-refractivity contribution in [2.24, 2.45) is 0 Å². The third-order valence-electron chi connectivity index (χ3n) is 5.69. The van der Waals surface area contributed by atoms with E-state index in [4.69, 9.17) is 4.74 Å². The van der Waals surface area contributed by atoms with Gasteiger partial charge in [0.1, 0.15) is 23.6 Å². The molecule has 8 nitrogen and oxygen atoms in total. The number of benzene rings is 1. The first-order valence-electron chi connectivity index (χ1n) is 10.1. The molecule has 2 aliphatic rings. The smallest absolute Gasteiger partial charge is 0.272 e. The lowest BCUT2D eigenvalue weighted by molar-refractivity contribution is 0.0740. The number of rotatable bonds is 4. The van der Waals surface area contributed by atoms with Gasteiger partial charge in [-0.1, -0.05) is 12.1 Å². The molecule has 29 heavy (non-hydrogen) atoms. The van der Waals surface area contributed by atoms with Gasteiger partial charge < -0.3 is 24.3 Å². The minimum atomic E-state index is -0.0255. The van der Waals surface area contributed by atoms with E-state index in [0.717, 1.165) is 56.5 Å². The Morgan fingerprint density at radius 1 is 0.931 bits per heavy atom. The summed E-state index contributed by atoms with van der Waals surface area (Å²) in [4.78, 5) is 30.3. The second-order valence-electron chi connectivity index (χ2n) is 7.50. The standard InChI is InChI=1S/C21H28N6O2/c1-24-7-9-26(10-8-24)20-15-17(22-16-23-20)21(28)27-13-11-25(12-14-27)18-5-3-4-6-19(18)29-2/h3-6,15-16H,7-14H2,1-2H3. The molecule has 0 aliphatic carbocycles. The predicted octanol–water partition coefficient (Wildman–Crippen LogP) is 1.20. The average molecular weight is 396 g/mol. The summed E-state index contributed by atoms with van der Waals surface area (Å²) < 4.78 is 5.47. The third-order valence-corrected chi connectivity index (χ3v) is 5.69. The van der Waals surface area contributed by atoms with Crippen molar-refractivity contribution in [1.29, 1.82) is 0 Å². The van der Waals surface area contributed by atoms with Gasteiger partial charge in [0.2, 0.25) is 0 Å². The van der Waals surface area contributed by atoms with Crippen LogP contribution in [0.5, 0.6) is 5.75 Å². The first-order valence-corrected chi connectivity index (χ1v) is 10.1. The van der Waals surface area contributed by atoms with Gasteiger partial charge in [0, 0.05) is 58.4 Å². The Kier molecular flexibility index (Phi) is 5.80. The molecule has 1 aromatic carbocycles. The number of likely N-dealkylation sites (N-methyl/N-ethyl adjacent to an activating group) is 1. The van der Waals surface area contributed by atoms with Crippen molar-refractivity contribution < 1.29 is 9.53 Å². The van der Waals surface area contributed by atoms with E-state index >= 15 is 0 Å². The monoisotopic (exact) mass is 396 g/mol. The van der Waals surface area contributed by atoms with Crippen molar-refractivity contribution in [3.8, 4) is 5.75 Å². The Bertz CT molecular complexity index is 845. The van der Waals surface area contributed by atoms with Crippen LogP contribution in [0.15, 0.2) is 36.7 Å². The van der Waals surface area contributed by atoms with Crippen molar-refractivity contribution in [3.63, 3.8) is 0 Å². The number of amides is 1. The van der Waals surface area contributed by atoms with Crippen molar-refractivity contribution in [1.82, 2.24) is 19.8 Å². The van der Waals surface area contributed by atoms with Crippen LogP contribution >= 0.6 is 0 Å². The Hall–Kier alpha value is -2.87. The number of carbonyl (C=O) groups excluding carboxylic acids is 1. The van der Waals surface area contributed by atoms with Crippen LogP contribution in [0.1, 0.15) is 10.5 Å². The second-order valence-corrected chi connectivity index (χ2v) is 7.50. The van der Waals surface area contributed by atoms with E-state index in [2.05, 4.69) is 37.8 Å². The number of anilines is 2. The van der Waals surface area contributed by atoms with Crippen molar-refractivity contribution in [3.05, 3.63) is 42.4 Å². The number of carbonyl (C=O) groups is 1. The van der Waals surface area contributed by atoms with Gasteiger partial charge >= 0.3 is 0 Å². The molecule has 1 amide bonds. The number of nitrogens with zero attached hydrogens (tertiary/aromatic N) is 6. The number of aromatic nitrogens is 2. The lowest BCUT2D eigenvalue weighted by Gasteiger charge is -2.36. The van der Waals surface area contributed by atoms with E-state index in [0.29, 0.717) is 18.8 Å². The summed E-state index contributed by atoms with van der Waals surface area (Å²) in [6, 6.07) is 9.84. The Morgan fingerprint density at radius 3 is 2.34 bits per heavy atom. The van der Waals surface area contributed by atoms with Gasteiger partial charge in [0.05, 0.1) is 12.8 Å². The lowest BCUT2D eigenvalue weighted by Crippen LogP contribution is -2.49. The molecule has 154 valence electrons. The van der Waals surface area contributed by atoms with Gasteiger partial charge in [0.15, 0.2) is 0 Å². The van der Waals surface area contributed by atoms with E-state index in [1.165, 1.54) is 6.33 Å². The zero-order chi connectivity index (χ0) is 20.2. The Balaban J connectivity index is 1.40. The summed E-state index contributed by atoms with van der Waals surface area (Å²) in [5, 5.41) is 0. The van der Waals surface area contributed by atoms with E-state index in [-0.39, 0.29) is 5.91 Å². The van der Waals surface area contributed by atoms with E-state index in [1.54, 1.807) is 7.11 Å². The number of methoxy groups -OCH3 is 1. The lowest BCUT2D eigenvalue weighted by atomic mass is 10.2. The highest BCUT2D eigenvalue weighted by atomic mass is 16.5. The molecule has 2 fully saturated rings. The molecule has 0 bridgehead atoms. The molecular weight excluding hydrogens is 368 g/mol. The summed E-state index contributed by atoms with van der Waals surface area (Å²) in [6.45, 7) is 6.67. The number of hydrogen-bond acceptors (Lipinski definition) is 7. The molecule has 0 N–H and O–H groups in total. The van der Waals surface area contributed by atoms with Gasteiger partial charge in [-0.05, 0) is 19.2 Å². The number of hydrogen-bond donors (Lipinski definition) is 0. The van der Waals surface area contributed by atoms with Crippen LogP contribution in [-0.4, -0.2) is 92.2 Å². The Morgan fingerprint density at radius 2 is 1.62 bits per heavy atom. The molecular formula is C21H28N6O2. The van der Waals surface area contributed by atoms with Gasteiger partial charge in [-0.25, -0.2) is 9.97 Å². The number of para-hydroxylation sites is 2. The van der Waals surface area contributed by atoms with E-state index in [1.807, 2.05) is 29.2 Å². The fourth-order valence-corrected chi connectivity index (χ4v) is 3.88. The highest BCUT2D eigenvalue weighted by molar-refractivity contribution is 5.93. The van der Waals surface area contributed by atoms with E-state index in [9.17, 15) is 4.79 Å². The van der Waals surface area contributed by atoms with Gasteiger partial charge in [-0.15, -0.1) is 0 Å². The highest BCUT2D eigenvalue weighted by Gasteiger charge is 2.25. The maximum absolute atomic E-state index is 13.0. The largest absolute Gasteiger partial charge is 0.495 e. The quantitative estimate of drug-likeness (QED) is 0.769. The summed E-state index contributed by atoms with van der Waals surface area (Å²) in [5.41, 5.74) is 1.54.